The Morgan fingerprint density at radius 1 is 0.923 bits per heavy atom. The van der Waals surface area contributed by atoms with Crippen molar-refractivity contribution in [3.63, 3.8) is 0 Å². The van der Waals surface area contributed by atoms with Gasteiger partial charge in [0.25, 0.3) is 5.91 Å². The number of hydrogen-bond donors (Lipinski definition) is 5. The number of aliphatic carboxylic acids is 1. The Bertz CT molecular complexity index is 1400. The molecule has 3 amide bonds. The van der Waals surface area contributed by atoms with Crippen LogP contribution in [0.5, 0.6) is 0 Å². The lowest BCUT2D eigenvalue weighted by Crippen LogP contribution is -2.28. The van der Waals surface area contributed by atoms with E-state index in [0.717, 1.165) is 24.4 Å². The molecular formula is C24H24F5N5O4S. The molecule has 2 aromatic carbocycles. The molecule has 0 radical (unpaired) electrons. The molecule has 0 spiro atoms. The lowest BCUT2D eigenvalue weighted by atomic mass is 10.1. The number of carbonyl (C=O) groups is 3. The second kappa shape index (κ2) is 10.4. The molecule has 15 heteroatoms. The second-order valence-corrected chi connectivity index (χ2v) is 10.7. The van der Waals surface area contributed by atoms with Crippen LogP contribution in [-0.2, 0) is 11.2 Å². The third kappa shape index (κ3) is 8.56. The van der Waals surface area contributed by atoms with E-state index in [9.17, 15) is 33.8 Å². The molecule has 0 aliphatic carbocycles. The number of urea groups is 1. The van der Waals surface area contributed by atoms with Gasteiger partial charge in [0.2, 0.25) is 0 Å². The first kappa shape index (κ1) is 29.2. The van der Waals surface area contributed by atoms with E-state index in [1.54, 1.807) is 19.1 Å². The van der Waals surface area contributed by atoms with Gasteiger partial charge in [-0.25, -0.2) is 9.78 Å². The van der Waals surface area contributed by atoms with Crippen LogP contribution in [0, 0.1) is 0 Å². The lowest BCUT2D eigenvalue weighted by Gasteiger charge is -2.40. The molecule has 3 aromatic rings. The highest BCUT2D eigenvalue weighted by Gasteiger charge is 2.65. The molecule has 1 aromatic heterocycles. The van der Waals surface area contributed by atoms with E-state index in [4.69, 9.17) is 5.11 Å². The van der Waals surface area contributed by atoms with Crippen LogP contribution in [0.15, 0.2) is 65.7 Å². The maximum atomic E-state index is 13.3. The number of aromatic nitrogens is 1. The first-order valence-corrected chi connectivity index (χ1v) is 13.3. The molecule has 0 aliphatic rings. The number of anilines is 4. The Morgan fingerprint density at radius 3 is 2.23 bits per heavy atom. The minimum atomic E-state index is -9.98. The first-order valence-electron chi connectivity index (χ1n) is 11.3. The van der Waals surface area contributed by atoms with Crippen molar-refractivity contribution in [3.05, 3.63) is 71.9 Å². The van der Waals surface area contributed by atoms with Crippen LogP contribution < -0.4 is 21.3 Å². The van der Waals surface area contributed by atoms with Gasteiger partial charge in [-0.3, -0.25) is 14.9 Å². The minimum Gasteiger partial charge on any atom is -0.481 e. The van der Waals surface area contributed by atoms with Crippen molar-refractivity contribution >= 4 is 51.0 Å². The number of nitrogens with one attached hydrogen (secondary N) is 4. The van der Waals surface area contributed by atoms with Gasteiger partial charge in [-0.2, -0.15) is 0 Å². The second-order valence-electron chi connectivity index (χ2n) is 8.27. The Kier molecular flexibility index (Phi) is 7.78. The van der Waals surface area contributed by atoms with E-state index < -0.39 is 38.7 Å². The number of nitrogens with zero attached hydrogens (tertiary/aromatic N) is 1. The maximum absolute atomic E-state index is 13.3. The summed E-state index contributed by atoms with van der Waals surface area (Å²) in [6, 6.07) is 9.15. The average Bonchev–Trinajstić information content (AvgIpc) is 2.82. The van der Waals surface area contributed by atoms with Gasteiger partial charge >= 0.3 is 22.2 Å². The molecule has 0 atom stereocenters. The van der Waals surface area contributed by atoms with E-state index in [1.807, 2.05) is 0 Å². The fraction of sp³-hybridized carbons (Fsp3) is 0.167. The van der Waals surface area contributed by atoms with Crippen LogP contribution in [-0.4, -0.2) is 34.5 Å². The zero-order chi connectivity index (χ0) is 28.9. The number of carboxylic acid groups (broad SMARTS) is 1. The number of carbonyl (C=O) groups excluding carboxylic acids is 2. The van der Waals surface area contributed by atoms with Crippen LogP contribution >= 0.6 is 10.2 Å². The van der Waals surface area contributed by atoms with Crippen molar-refractivity contribution in [2.24, 2.45) is 0 Å². The molecule has 3 rings (SSSR count). The fourth-order valence-electron chi connectivity index (χ4n) is 3.30. The molecule has 0 aliphatic heterocycles. The van der Waals surface area contributed by atoms with Gasteiger partial charge < -0.3 is 21.1 Å². The van der Waals surface area contributed by atoms with E-state index in [2.05, 4.69) is 26.3 Å². The van der Waals surface area contributed by atoms with Gasteiger partial charge in [-0.05, 0) is 49.2 Å². The third-order valence-corrected chi connectivity index (χ3v) is 6.27. The fourth-order valence-corrected chi connectivity index (χ4v) is 3.99. The van der Waals surface area contributed by atoms with E-state index in [-0.39, 0.29) is 48.6 Å². The Balaban J connectivity index is 1.92. The average molecular weight is 574 g/mol. The molecule has 0 saturated carbocycles. The van der Waals surface area contributed by atoms with Gasteiger partial charge in [0.15, 0.2) is 0 Å². The Hall–Kier alpha value is -4.40. The lowest BCUT2D eigenvalue weighted by molar-refractivity contribution is -0.136. The van der Waals surface area contributed by atoms with E-state index >= 15 is 0 Å². The van der Waals surface area contributed by atoms with Gasteiger partial charge in [-0.15, -0.1) is 0 Å². The third-order valence-electron chi connectivity index (χ3n) is 5.13. The summed E-state index contributed by atoms with van der Waals surface area (Å²) in [5, 5.41) is 18.7. The molecule has 0 saturated heterocycles. The Morgan fingerprint density at radius 2 is 1.62 bits per heavy atom. The summed E-state index contributed by atoms with van der Waals surface area (Å²) in [5.41, 5.74) is 0.324. The number of halogens is 5. The van der Waals surface area contributed by atoms with Crippen molar-refractivity contribution in [2.75, 3.05) is 22.5 Å². The molecule has 0 fully saturated rings. The molecule has 210 valence electrons. The number of carboxylic acids is 1. The number of benzene rings is 2. The largest absolute Gasteiger partial charge is 0.481 e. The predicted octanol–water partition coefficient (Wildman–Crippen LogP) is 6.89. The number of hydrogen-bond acceptors (Lipinski definition) is 5. The number of aryl methyl sites for hydroxylation is 1. The molecular weight excluding hydrogens is 549 g/mol. The number of pyridine rings is 1. The Labute approximate surface area is 219 Å². The highest BCUT2D eigenvalue weighted by molar-refractivity contribution is 8.45. The summed E-state index contributed by atoms with van der Waals surface area (Å²) < 4.78 is 66.6. The summed E-state index contributed by atoms with van der Waals surface area (Å²) in [5.74, 6) is -1.79. The van der Waals surface area contributed by atoms with E-state index in [0.29, 0.717) is 11.3 Å². The van der Waals surface area contributed by atoms with Crippen LogP contribution in [0.25, 0.3) is 0 Å². The SMILES string of the molecule is CCNC(=O)Nc1cc(Nc2cccc(S(F)(F)(F)(F)F)c2)c(C(=O)Nc2ccc(CCC(=O)O)cc2)cn1. The zero-order valence-corrected chi connectivity index (χ0v) is 21.1. The van der Waals surface area contributed by atoms with Crippen LogP contribution in [0.3, 0.4) is 0 Å². The number of rotatable bonds is 10. The van der Waals surface area contributed by atoms with Crippen molar-refractivity contribution in [2.45, 2.75) is 24.7 Å². The van der Waals surface area contributed by atoms with Crippen molar-refractivity contribution in [1.29, 1.82) is 0 Å². The summed E-state index contributed by atoms with van der Waals surface area (Å²) in [6.45, 7) is 1.95. The van der Waals surface area contributed by atoms with Crippen LogP contribution in [0.1, 0.15) is 29.3 Å². The molecule has 0 unspecified atom stereocenters. The first-order chi connectivity index (χ1) is 18.0. The molecule has 9 nitrogen and oxygen atoms in total. The highest BCUT2D eigenvalue weighted by atomic mass is 32.5. The van der Waals surface area contributed by atoms with Crippen molar-refractivity contribution < 1.29 is 38.9 Å². The monoisotopic (exact) mass is 573 g/mol. The topological polar surface area (TPSA) is 132 Å². The van der Waals surface area contributed by atoms with E-state index in [1.165, 1.54) is 12.1 Å². The minimum absolute atomic E-state index is 0.0771. The van der Waals surface area contributed by atoms with Crippen LogP contribution in [0.2, 0.25) is 0 Å². The highest BCUT2D eigenvalue weighted by Crippen LogP contribution is 3.02. The predicted molar refractivity (Wildman–Crippen MR) is 138 cm³/mol. The quantitative estimate of drug-likeness (QED) is 0.168. The smallest absolute Gasteiger partial charge is 0.320 e. The van der Waals surface area contributed by atoms with Crippen molar-refractivity contribution in [3.8, 4) is 0 Å². The zero-order valence-electron chi connectivity index (χ0n) is 20.3. The van der Waals surface area contributed by atoms with Crippen LogP contribution in [0.4, 0.5) is 47.1 Å². The normalized spacial score (nSPS) is 13.0. The standard InChI is InChI=1S/C24H24F5N5O4S/c1-2-30-24(38)34-21-13-20(32-17-4-3-5-18(12-17)39(25,26,27,28)29)19(14-31-21)23(37)33-16-9-6-15(7-10-16)8-11-22(35)36/h3-7,9-10,12-14H,2,8,11H2,1H3,(H,33,37)(H,35,36)(H3,30,31,32,34,38). The van der Waals surface area contributed by atoms with Crippen molar-refractivity contribution in [1.82, 2.24) is 10.3 Å². The summed E-state index contributed by atoms with van der Waals surface area (Å²) in [7, 11) is -9.98. The molecule has 0 bridgehead atoms. The van der Waals surface area contributed by atoms with Gasteiger partial charge in [-0.1, -0.05) is 37.6 Å². The molecule has 5 N–H and O–H groups in total. The molecule has 39 heavy (non-hydrogen) atoms. The summed E-state index contributed by atoms with van der Waals surface area (Å²) in [6.07, 6.45) is 1.25. The van der Waals surface area contributed by atoms with Gasteiger partial charge in [0.05, 0.1) is 11.3 Å². The maximum Gasteiger partial charge on any atom is 0.320 e. The summed E-state index contributed by atoms with van der Waals surface area (Å²) in [4.78, 5) is 37.5. The molecule has 1 heterocycles. The van der Waals surface area contributed by atoms with Gasteiger partial charge in [0, 0.05) is 36.6 Å². The number of amides is 3. The van der Waals surface area contributed by atoms with Gasteiger partial charge in [0.1, 0.15) is 10.7 Å². The summed E-state index contributed by atoms with van der Waals surface area (Å²) >= 11 is 0.